The Morgan fingerprint density at radius 2 is 1.77 bits per heavy atom. The van der Waals surface area contributed by atoms with Gasteiger partial charge in [-0.2, -0.15) is 0 Å². The molecule has 3 aromatic rings. The Kier molecular flexibility index (Phi) is 4.79. The van der Waals surface area contributed by atoms with Crippen LogP contribution in [0.1, 0.15) is 26.7 Å². The van der Waals surface area contributed by atoms with Crippen LogP contribution in [-0.2, 0) is 6.54 Å². The fourth-order valence-corrected chi connectivity index (χ4v) is 2.12. The van der Waals surface area contributed by atoms with E-state index >= 15 is 0 Å². The van der Waals surface area contributed by atoms with Crippen LogP contribution >= 0.6 is 0 Å². The number of rotatable bonds is 6. The zero-order valence-electron chi connectivity index (χ0n) is 13.3. The molecule has 26 heavy (non-hydrogen) atoms. The average Bonchev–Trinajstić information content (AvgIpc) is 3.32. The first kappa shape index (κ1) is 17.0. The van der Waals surface area contributed by atoms with Crippen LogP contribution in [0.5, 0.6) is 0 Å². The molecule has 0 radical (unpaired) electrons. The summed E-state index contributed by atoms with van der Waals surface area (Å²) in [5.74, 6) is -1.36. The van der Waals surface area contributed by atoms with Gasteiger partial charge in [-0.1, -0.05) is 12.1 Å². The standard InChI is InChI=1S/C17H13N3O6/c21-16(14-7-8-15(26-14)20(23)24)18-10-11-3-5-12(6-4-11)19-17(22)13-2-1-9-25-13/h1-9H,10H2,(H,18,21)(H,19,22). The van der Waals surface area contributed by atoms with Crippen molar-refractivity contribution < 1.29 is 23.3 Å². The maximum Gasteiger partial charge on any atom is 0.433 e. The van der Waals surface area contributed by atoms with Crippen molar-refractivity contribution in [3.8, 4) is 0 Å². The zero-order chi connectivity index (χ0) is 18.5. The van der Waals surface area contributed by atoms with E-state index in [4.69, 9.17) is 8.83 Å². The molecule has 9 nitrogen and oxygen atoms in total. The number of hydrogen-bond acceptors (Lipinski definition) is 6. The van der Waals surface area contributed by atoms with E-state index in [9.17, 15) is 19.7 Å². The Morgan fingerprint density at radius 1 is 1.00 bits per heavy atom. The van der Waals surface area contributed by atoms with E-state index in [0.29, 0.717) is 5.69 Å². The third-order valence-corrected chi connectivity index (χ3v) is 3.41. The number of amides is 2. The Bertz CT molecular complexity index is 928. The van der Waals surface area contributed by atoms with Crippen molar-refractivity contribution in [3.05, 3.63) is 82.0 Å². The summed E-state index contributed by atoms with van der Waals surface area (Å²) in [5, 5.41) is 15.8. The minimum atomic E-state index is -0.716. The largest absolute Gasteiger partial charge is 0.459 e. The molecule has 0 unspecified atom stereocenters. The van der Waals surface area contributed by atoms with Gasteiger partial charge in [-0.05, 0) is 35.9 Å². The second-order valence-electron chi connectivity index (χ2n) is 5.21. The second-order valence-corrected chi connectivity index (χ2v) is 5.21. The highest BCUT2D eigenvalue weighted by Gasteiger charge is 2.17. The molecule has 0 atom stereocenters. The Hall–Kier alpha value is -3.88. The molecular weight excluding hydrogens is 342 g/mol. The minimum absolute atomic E-state index is 0.140. The second kappa shape index (κ2) is 7.34. The molecule has 0 saturated carbocycles. The van der Waals surface area contributed by atoms with Crippen molar-refractivity contribution in [1.29, 1.82) is 0 Å². The van der Waals surface area contributed by atoms with Gasteiger partial charge in [-0.25, -0.2) is 0 Å². The smallest absolute Gasteiger partial charge is 0.433 e. The fourth-order valence-electron chi connectivity index (χ4n) is 2.12. The number of nitrogens with one attached hydrogen (secondary N) is 2. The number of carbonyl (C=O) groups is 2. The molecule has 2 heterocycles. The number of nitrogens with zero attached hydrogens (tertiary/aromatic N) is 1. The van der Waals surface area contributed by atoms with Gasteiger partial charge in [0.1, 0.15) is 4.92 Å². The molecule has 0 bridgehead atoms. The number of carbonyl (C=O) groups excluding carboxylic acids is 2. The first-order chi connectivity index (χ1) is 12.5. The number of benzene rings is 1. The van der Waals surface area contributed by atoms with Gasteiger partial charge in [0.25, 0.3) is 11.8 Å². The van der Waals surface area contributed by atoms with Gasteiger partial charge in [0.05, 0.1) is 12.3 Å². The van der Waals surface area contributed by atoms with Gasteiger partial charge in [-0.3, -0.25) is 19.7 Å². The van der Waals surface area contributed by atoms with Gasteiger partial charge in [0.2, 0.25) is 0 Å². The van der Waals surface area contributed by atoms with Crippen LogP contribution in [-0.4, -0.2) is 16.7 Å². The van der Waals surface area contributed by atoms with Crippen LogP contribution in [0.25, 0.3) is 0 Å². The van der Waals surface area contributed by atoms with E-state index < -0.39 is 16.7 Å². The summed E-state index contributed by atoms with van der Waals surface area (Å²) < 4.78 is 9.83. The molecule has 132 valence electrons. The molecule has 0 aliphatic heterocycles. The number of nitro groups is 1. The van der Waals surface area contributed by atoms with Crippen molar-refractivity contribution in [2.75, 3.05) is 5.32 Å². The summed E-state index contributed by atoms with van der Waals surface area (Å²) in [7, 11) is 0. The average molecular weight is 355 g/mol. The molecular formula is C17H13N3O6. The highest BCUT2D eigenvalue weighted by atomic mass is 16.6. The SMILES string of the molecule is O=C(Nc1ccc(CNC(=O)c2ccc([N+](=O)[O-])o2)cc1)c1ccco1. The van der Waals surface area contributed by atoms with Crippen molar-refractivity contribution in [3.63, 3.8) is 0 Å². The number of anilines is 1. The lowest BCUT2D eigenvalue weighted by Gasteiger charge is -2.06. The van der Waals surface area contributed by atoms with E-state index in [-0.39, 0.29) is 24.0 Å². The monoisotopic (exact) mass is 355 g/mol. The summed E-state index contributed by atoms with van der Waals surface area (Å²) in [6.45, 7) is 0.194. The van der Waals surface area contributed by atoms with Gasteiger partial charge < -0.3 is 19.5 Å². The predicted octanol–water partition coefficient (Wildman–Crippen LogP) is 2.96. The molecule has 2 amide bonds. The third kappa shape index (κ3) is 3.96. The van der Waals surface area contributed by atoms with E-state index in [0.717, 1.165) is 11.6 Å². The topological polar surface area (TPSA) is 128 Å². The van der Waals surface area contributed by atoms with Gasteiger partial charge in [0, 0.05) is 12.2 Å². The van der Waals surface area contributed by atoms with Crippen LogP contribution in [0.3, 0.4) is 0 Å². The first-order valence-electron chi connectivity index (χ1n) is 7.49. The minimum Gasteiger partial charge on any atom is -0.459 e. The molecule has 0 aliphatic carbocycles. The van der Waals surface area contributed by atoms with Crippen molar-refractivity contribution in [2.45, 2.75) is 6.54 Å². The first-order valence-corrected chi connectivity index (χ1v) is 7.49. The van der Waals surface area contributed by atoms with Gasteiger partial charge in [0.15, 0.2) is 11.5 Å². The van der Waals surface area contributed by atoms with Crippen LogP contribution < -0.4 is 10.6 Å². The number of furan rings is 2. The lowest BCUT2D eigenvalue weighted by molar-refractivity contribution is -0.402. The summed E-state index contributed by atoms with van der Waals surface area (Å²) >= 11 is 0. The normalized spacial score (nSPS) is 10.3. The zero-order valence-corrected chi connectivity index (χ0v) is 13.3. The predicted molar refractivity (Wildman–Crippen MR) is 89.6 cm³/mol. The molecule has 0 spiro atoms. The number of hydrogen-bond donors (Lipinski definition) is 2. The van der Waals surface area contributed by atoms with E-state index in [1.54, 1.807) is 36.4 Å². The molecule has 0 aliphatic rings. The van der Waals surface area contributed by atoms with Crippen molar-refractivity contribution >= 4 is 23.4 Å². The van der Waals surface area contributed by atoms with E-state index in [1.807, 2.05) is 0 Å². The molecule has 2 N–H and O–H groups in total. The van der Waals surface area contributed by atoms with Crippen LogP contribution in [0.15, 0.2) is 63.6 Å². The molecule has 1 aromatic carbocycles. The lowest BCUT2D eigenvalue weighted by Crippen LogP contribution is -2.22. The highest BCUT2D eigenvalue weighted by Crippen LogP contribution is 2.16. The van der Waals surface area contributed by atoms with Crippen molar-refractivity contribution in [1.82, 2.24) is 5.32 Å². The van der Waals surface area contributed by atoms with Crippen LogP contribution in [0, 0.1) is 10.1 Å². The summed E-state index contributed by atoms with van der Waals surface area (Å²) in [6.07, 6.45) is 1.41. The Balaban J connectivity index is 1.54. The van der Waals surface area contributed by atoms with Crippen LogP contribution in [0.4, 0.5) is 11.6 Å². The van der Waals surface area contributed by atoms with Crippen LogP contribution in [0.2, 0.25) is 0 Å². The maximum atomic E-state index is 11.9. The Labute approximate surface area is 146 Å². The molecule has 9 heteroatoms. The third-order valence-electron chi connectivity index (χ3n) is 3.41. The highest BCUT2D eigenvalue weighted by molar-refractivity contribution is 6.02. The van der Waals surface area contributed by atoms with E-state index in [2.05, 4.69) is 10.6 Å². The van der Waals surface area contributed by atoms with Crippen molar-refractivity contribution in [2.24, 2.45) is 0 Å². The van der Waals surface area contributed by atoms with Gasteiger partial charge in [-0.15, -0.1) is 0 Å². The summed E-state index contributed by atoms with van der Waals surface area (Å²) in [5.41, 5.74) is 1.35. The lowest BCUT2D eigenvalue weighted by atomic mass is 10.2. The Morgan fingerprint density at radius 3 is 2.38 bits per heavy atom. The molecule has 0 fully saturated rings. The molecule has 0 saturated heterocycles. The molecule has 3 rings (SSSR count). The molecule has 2 aromatic heterocycles. The fraction of sp³-hybridized carbons (Fsp3) is 0.0588. The maximum absolute atomic E-state index is 11.9. The quantitative estimate of drug-likeness (QED) is 0.517. The van der Waals surface area contributed by atoms with Gasteiger partial charge >= 0.3 is 5.88 Å². The van der Waals surface area contributed by atoms with E-state index in [1.165, 1.54) is 12.3 Å². The summed E-state index contributed by atoms with van der Waals surface area (Å²) in [6, 6.07) is 12.3. The summed E-state index contributed by atoms with van der Waals surface area (Å²) in [4.78, 5) is 33.6.